The highest BCUT2D eigenvalue weighted by Crippen LogP contribution is 2.33. The number of aliphatic hydroxyl groups is 1. The quantitative estimate of drug-likeness (QED) is 0.837. The molecule has 0 saturated carbocycles. The van der Waals surface area contributed by atoms with Crippen LogP contribution in [0.4, 0.5) is 4.39 Å². The van der Waals surface area contributed by atoms with E-state index in [1.807, 2.05) is 0 Å². The third kappa shape index (κ3) is 2.28. The van der Waals surface area contributed by atoms with Crippen molar-refractivity contribution < 1.29 is 9.50 Å². The van der Waals surface area contributed by atoms with Gasteiger partial charge in [-0.1, -0.05) is 23.7 Å². The predicted octanol–water partition coefficient (Wildman–Crippen LogP) is 3.65. The normalized spacial score (nSPS) is 20.7. The zero-order valence-corrected chi connectivity index (χ0v) is 9.67. The third-order valence-electron chi connectivity index (χ3n) is 3.03. The molecule has 1 N–H and O–H groups in total. The number of hydrogen-bond acceptors (Lipinski definition) is 1. The van der Waals surface area contributed by atoms with Crippen molar-refractivity contribution in [2.45, 2.75) is 19.3 Å². The molecule has 1 aliphatic rings. The molecule has 1 nitrogen and oxygen atoms in total. The van der Waals surface area contributed by atoms with Crippen LogP contribution in [0, 0.1) is 11.7 Å². The van der Waals surface area contributed by atoms with Crippen LogP contribution in [0.15, 0.2) is 24.3 Å². The van der Waals surface area contributed by atoms with Crippen molar-refractivity contribution in [1.29, 1.82) is 0 Å². The summed E-state index contributed by atoms with van der Waals surface area (Å²) in [6.07, 6.45) is 5.22. The summed E-state index contributed by atoms with van der Waals surface area (Å²) in [5.74, 6) is -0.238. The lowest BCUT2D eigenvalue weighted by Crippen LogP contribution is -2.12. The summed E-state index contributed by atoms with van der Waals surface area (Å²) in [7, 11) is 0. The van der Waals surface area contributed by atoms with Crippen molar-refractivity contribution in [2.24, 2.45) is 5.92 Å². The molecule has 0 saturated heterocycles. The van der Waals surface area contributed by atoms with E-state index in [1.54, 1.807) is 12.1 Å². The van der Waals surface area contributed by atoms with E-state index in [0.29, 0.717) is 0 Å². The lowest BCUT2D eigenvalue weighted by atomic mass is 9.84. The SMILES string of the molecule is OC[C@H]1CCCC=C1c1ccc(F)c(Cl)c1. The number of halogens is 2. The monoisotopic (exact) mass is 240 g/mol. The van der Waals surface area contributed by atoms with Crippen LogP contribution in [0.2, 0.25) is 5.02 Å². The molecule has 0 spiro atoms. The molecule has 1 aliphatic carbocycles. The molecular weight excluding hydrogens is 227 g/mol. The fourth-order valence-electron chi connectivity index (χ4n) is 2.16. The molecule has 1 atom stereocenters. The molecule has 2 rings (SSSR count). The maximum Gasteiger partial charge on any atom is 0.141 e. The minimum Gasteiger partial charge on any atom is -0.396 e. The maximum atomic E-state index is 13.0. The van der Waals surface area contributed by atoms with E-state index in [9.17, 15) is 9.50 Å². The molecule has 1 aromatic carbocycles. The molecule has 1 aromatic rings. The van der Waals surface area contributed by atoms with Gasteiger partial charge in [-0.15, -0.1) is 0 Å². The number of rotatable bonds is 2. The van der Waals surface area contributed by atoms with E-state index in [1.165, 1.54) is 6.07 Å². The first-order valence-electron chi connectivity index (χ1n) is 5.48. The molecule has 86 valence electrons. The Morgan fingerprint density at radius 2 is 2.25 bits per heavy atom. The van der Waals surface area contributed by atoms with Gasteiger partial charge in [-0.25, -0.2) is 4.39 Å². The van der Waals surface area contributed by atoms with Gasteiger partial charge in [-0.05, 0) is 42.5 Å². The molecular formula is C13H14ClFO. The van der Waals surface area contributed by atoms with Gasteiger partial charge in [0, 0.05) is 12.5 Å². The number of aliphatic hydroxyl groups excluding tert-OH is 1. The first-order valence-corrected chi connectivity index (χ1v) is 5.86. The number of benzene rings is 1. The Morgan fingerprint density at radius 1 is 1.44 bits per heavy atom. The minimum absolute atomic E-state index is 0.140. The highest BCUT2D eigenvalue weighted by Gasteiger charge is 2.18. The smallest absolute Gasteiger partial charge is 0.141 e. The van der Waals surface area contributed by atoms with Gasteiger partial charge >= 0.3 is 0 Å². The summed E-state index contributed by atoms with van der Waals surface area (Å²) in [4.78, 5) is 0. The Balaban J connectivity index is 2.35. The van der Waals surface area contributed by atoms with E-state index < -0.39 is 5.82 Å². The minimum atomic E-state index is -0.401. The predicted molar refractivity (Wildman–Crippen MR) is 63.8 cm³/mol. The lowest BCUT2D eigenvalue weighted by molar-refractivity contribution is 0.246. The lowest BCUT2D eigenvalue weighted by Gasteiger charge is -2.22. The average molecular weight is 241 g/mol. The molecule has 0 aromatic heterocycles. The standard InChI is InChI=1S/C13H14ClFO/c14-12-7-9(5-6-13(12)15)11-4-2-1-3-10(11)8-16/h4-7,10,16H,1-3,8H2/t10-/m1/s1. The Kier molecular flexibility index (Phi) is 3.62. The van der Waals surface area contributed by atoms with Crippen molar-refractivity contribution in [3.63, 3.8) is 0 Å². The van der Waals surface area contributed by atoms with Gasteiger partial charge in [0.15, 0.2) is 0 Å². The zero-order valence-electron chi connectivity index (χ0n) is 8.92. The first kappa shape index (κ1) is 11.6. The number of allylic oxidation sites excluding steroid dienone is 1. The summed E-state index contributed by atoms with van der Waals surface area (Å²) in [6.45, 7) is 0.140. The molecule has 16 heavy (non-hydrogen) atoms. The van der Waals surface area contributed by atoms with E-state index in [-0.39, 0.29) is 17.5 Å². The molecule has 0 amide bonds. The Morgan fingerprint density at radius 3 is 2.94 bits per heavy atom. The van der Waals surface area contributed by atoms with Crippen molar-refractivity contribution >= 4 is 17.2 Å². The van der Waals surface area contributed by atoms with Crippen molar-refractivity contribution in [3.8, 4) is 0 Å². The van der Waals surface area contributed by atoms with Gasteiger partial charge in [0.05, 0.1) is 5.02 Å². The summed E-state index contributed by atoms with van der Waals surface area (Å²) in [5, 5.41) is 9.44. The van der Waals surface area contributed by atoms with E-state index in [2.05, 4.69) is 6.08 Å². The average Bonchev–Trinajstić information content (AvgIpc) is 2.32. The largest absolute Gasteiger partial charge is 0.396 e. The van der Waals surface area contributed by atoms with Crippen LogP contribution in [-0.2, 0) is 0 Å². The van der Waals surface area contributed by atoms with Crippen LogP contribution in [-0.4, -0.2) is 11.7 Å². The third-order valence-corrected chi connectivity index (χ3v) is 3.32. The van der Waals surface area contributed by atoms with Crippen molar-refractivity contribution in [1.82, 2.24) is 0 Å². The highest BCUT2D eigenvalue weighted by atomic mass is 35.5. The molecule has 3 heteroatoms. The van der Waals surface area contributed by atoms with Gasteiger partial charge < -0.3 is 5.11 Å². The fraction of sp³-hybridized carbons (Fsp3) is 0.385. The molecule has 0 radical (unpaired) electrons. The summed E-state index contributed by atoms with van der Waals surface area (Å²) in [6, 6.07) is 4.74. The highest BCUT2D eigenvalue weighted by molar-refractivity contribution is 6.30. The van der Waals surface area contributed by atoms with E-state index in [4.69, 9.17) is 11.6 Å². The number of hydrogen-bond donors (Lipinski definition) is 1. The first-order chi connectivity index (χ1) is 7.72. The van der Waals surface area contributed by atoms with Crippen LogP contribution >= 0.6 is 11.6 Å². The van der Waals surface area contributed by atoms with Crippen LogP contribution in [0.5, 0.6) is 0 Å². The van der Waals surface area contributed by atoms with Crippen LogP contribution in [0.3, 0.4) is 0 Å². The van der Waals surface area contributed by atoms with Crippen LogP contribution < -0.4 is 0 Å². The van der Waals surface area contributed by atoms with Gasteiger partial charge in [0.1, 0.15) is 5.82 Å². The Hall–Kier alpha value is -0.860. The molecule has 0 fully saturated rings. The Labute approximate surface area is 99.6 Å². The van der Waals surface area contributed by atoms with Gasteiger partial charge in [-0.2, -0.15) is 0 Å². The van der Waals surface area contributed by atoms with E-state index in [0.717, 1.165) is 30.4 Å². The molecule has 0 aliphatic heterocycles. The van der Waals surface area contributed by atoms with Crippen LogP contribution in [0.1, 0.15) is 24.8 Å². The van der Waals surface area contributed by atoms with Crippen molar-refractivity contribution in [3.05, 3.63) is 40.7 Å². The zero-order chi connectivity index (χ0) is 11.5. The van der Waals surface area contributed by atoms with Gasteiger partial charge in [0.2, 0.25) is 0 Å². The van der Waals surface area contributed by atoms with Crippen LogP contribution in [0.25, 0.3) is 5.57 Å². The second-order valence-electron chi connectivity index (χ2n) is 4.10. The fourth-order valence-corrected chi connectivity index (χ4v) is 2.34. The topological polar surface area (TPSA) is 20.2 Å². The summed E-state index contributed by atoms with van der Waals surface area (Å²) < 4.78 is 13.0. The van der Waals surface area contributed by atoms with Gasteiger partial charge in [-0.3, -0.25) is 0 Å². The summed E-state index contributed by atoms with van der Waals surface area (Å²) in [5.41, 5.74) is 2.01. The second-order valence-corrected chi connectivity index (χ2v) is 4.51. The van der Waals surface area contributed by atoms with E-state index >= 15 is 0 Å². The maximum absolute atomic E-state index is 13.0. The molecule has 0 unspecified atom stereocenters. The molecule has 0 heterocycles. The Bertz CT molecular complexity index is 414. The molecule has 0 bridgehead atoms. The second kappa shape index (κ2) is 4.98. The summed E-state index contributed by atoms with van der Waals surface area (Å²) >= 11 is 5.76. The van der Waals surface area contributed by atoms with Gasteiger partial charge in [0.25, 0.3) is 0 Å². The van der Waals surface area contributed by atoms with Crippen molar-refractivity contribution in [2.75, 3.05) is 6.61 Å².